The van der Waals surface area contributed by atoms with E-state index in [1.807, 2.05) is 83.1 Å². The lowest BCUT2D eigenvalue weighted by Crippen LogP contribution is -2.16. The Balaban J connectivity index is 2.07. The van der Waals surface area contributed by atoms with Crippen LogP contribution < -0.4 is 0 Å². The van der Waals surface area contributed by atoms with Crippen LogP contribution in [0.1, 0.15) is 147 Å². The van der Waals surface area contributed by atoms with E-state index < -0.39 is 45.5 Å². The van der Waals surface area contributed by atoms with Gasteiger partial charge in [0.1, 0.15) is 0 Å². The second kappa shape index (κ2) is 15.2. The monoisotopic (exact) mass is 832 g/mol. The third kappa shape index (κ3) is 8.98. The molecule has 0 aliphatic carbocycles. The summed E-state index contributed by atoms with van der Waals surface area (Å²) in [4.78, 5) is 55.9. The van der Waals surface area contributed by atoms with Crippen molar-refractivity contribution >= 4 is 70.9 Å². The Hall–Kier alpha value is -3.84. The van der Waals surface area contributed by atoms with Crippen molar-refractivity contribution in [2.45, 2.75) is 144 Å². The molecular formula is C44H48O8S4. The Morgan fingerprint density at radius 2 is 0.446 bits per heavy atom. The number of hydrogen-bond donors (Lipinski definition) is 4. The second-order valence-corrected chi connectivity index (χ2v) is 22.4. The molecule has 4 aromatic rings. The topological polar surface area (TPSA) is 149 Å². The van der Waals surface area contributed by atoms with Gasteiger partial charge in [-0.2, -0.15) is 0 Å². The van der Waals surface area contributed by atoms with Gasteiger partial charge in [-0.1, -0.05) is 130 Å². The number of carboxylic acids is 4. The van der Waals surface area contributed by atoms with Gasteiger partial charge in [-0.25, -0.2) is 19.2 Å². The average molecular weight is 833 g/mol. The average Bonchev–Trinajstić information content (AvgIpc) is 3.01. The molecule has 4 aromatic carbocycles. The SMILES string of the molecule is CC(C)(C)c1cc2c(C(=O)O)c(c1)Sc1cc(C(C)(C)C)cc(c1C(=O)O)Sc1cc(C(C)(C)C)cc(c1C(=O)O)Sc1cc(C(C)(C)C)cc(c1C(=O)O)S2. The van der Waals surface area contributed by atoms with Gasteiger partial charge in [0.25, 0.3) is 0 Å². The molecule has 1 aliphatic heterocycles. The van der Waals surface area contributed by atoms with Crippen molar-refractivity contribution in [3.05, 3.63) is 93.0 Å². The molecule has 4 N–H and O–H groups in total. The molecule has 296 valence electrons. The van der Waals surface area contributed by atoms with Crippen molar-refractivity contribution in [2.24, 2.45) is 0 Å². The van der Waals surface area contributed by atoms with Gasteiger partial charge in [-0.15, -0.1) is 0 Å². The number of benzene rings is 4. The largest absolute Gasteiger partial charge is 0.478 e. The first-order chi connectivity index (χ1) is 25.6. The predicted octanol–water partition coefficient (Wildman–Crippen LogP) is 12.6. The summed E-state index contributed by atoms with van der Waals surface area (Å²) < 4.78 is 0. The standard InChI is InChI=1S/C44H48O8S4/c1-41(2,3)21-13-25-33(37(45)46)26(14-21)54-28-16-23(43(7,8)9)18-30(35(28)39(49)50)56-32-20-24(44(10,11)12)19-31(36(32)40(51)52)55-29-17-22(42(4,5)6)15-27(53-25)34(29)38(47)48/h13-20H,1-12H3,(H,45,46)(H,47,48)(H,49,50)(H,51,52). The van der Waals surface area contributed by atoms with Crippen molar-refractivity contribution < 1.29 is 39.6 Å². The molecule has 56 heavy (non-hydrogen) atoms. The maximum absolute atomic E-state index is 13.4. The van der Waals surface area contributed by atoms with Crippen molar-refractivity contribution in [3.8, 4) is 0 Å². The van der Waals surface area contributed by atoms with E-state index in [-0.39, 0.29) is 22.3 Å². The van der Waals surface area contributed by atoms with E-state index in [0.29, 0.717) is 39.2 Å². The fourth-order valence-corrected chi connectivity index (χ4v) is 11.1. The Kier molecular flexibility index (Phi) is 11.7. The molecule has 12 heteroatoms. The molecule has 8 nitrogen and oxygen atoms in total. The molecular weight excluding hydrogens is 785 g/mol. The van der Waals surface area contributed by atoms with Crippen LogP contribution in [0.4, 0.5) is 0 Å². The highest BCUT2D eigenvalue weighted by Gasteiger charge is 2.32. The molecule has 0 fully saturated rings. The number of rotatable bonds is 4. The summed E-state index contributed by atoms with van der Waals surface area (Å²) >= 11 is 4.13. The molecule has 8 bridgehead atoms. The number of carbonyl (C=O) groups is 4. The first kappa shape index (κ1) is 43.3. The summed E-state index contributed by atoms with van der Waals surface area (Å²) in [5.41, 5.74) is 0.907. The van der Waals surface area contributed by atoms with E-state index in [1.54, 1.807) is 48.5 Å². The highest BCUT2D eigenvalue weighted by Crippen LogP contribution is 2.50. The summed E-state index contributed by atoms with van der Waals surface area (Å²) in [5, 5.41) is 43.6. The predicted molar refractivity (Wildman–Crippen MR) is 225 cm³/mol. The van der Waals surface area contributed by atoms with Crippen molar-refractivity contribution in [3.63, 3.8) is 0 Å². The van der Waals surface area contributed by atoms with Gasteiger partial charge >= 0.3 is 23.9 Å². The van der Waals surface area contributed by atoms with Crippen LogP contribution in [0.2, 0.25) is 0 Å². The first-order valence-electron chi connectivity index (χ1n) is 18.0. The van der Waals surface area contributed by atoms with Crippen molar-refractivity contribution in [1.82, 2.24) is 0 Å². The molecule has 0 amide bonds. The van der Waals surface area contributed by atoms with E-state index in [9.17, 15) is 39.6 Å². The Morgan fingerprint density at radius 1 is 0.321 bits per heavy atom. The maximum Gasteiger partial charge on any atom is 0.338 e. The van der Waals surface area contributed by atoms with Crippen molar-refractivity contribution in [2.75, 3.05) is 0 Å². The van der Waals surface area contributed by atoms with Gasteiger partial charge < -0.3 is 20.4 Å². The van der Waals surface area contributed by atoms with Crippen LogP contribution in [0, 0.1) is 0 Å². The van der Waals surface area contributed by atoms with E-state index in [2.05, 4.69) is 0 Å². The molecule has 0 unspecified atom stereocenters. The number of fused-ring (bicyclic) bond motifs is 8. The quantitative estimate of drug-likeness (QED) is 0.136. The third-order valence-corrected chi connectivity index (χ3v) is 13.8. The van der Waals surface area contributed by atoms with Gasteiger partial charge in [0.15, 0.2) is 0 Å². The number of aromatic carboxylic acids is 4. The lowest BCUT2D eigenvalue weighted by atomic mass is 9.86. The van der Waals surface area contributed by atoms with E-state index in [1.165, 1.54) is 0 Å². The van der Waals surface area contributed by atoms with E-state index in [0.717, 1.165) is 69.3 Å². The van der Waals surface area contributed by atoms with E-state index in [4.69, 9.17) is 0 Å². The highest BCUT2D eigenvalue weighted by atomic mass is 32.2. The smallest absolute Gasteiger partial charge is 0.338 e. The van der Waals surface area contributed by atoms with Crippen LogP contribution >= 0.6 is 47.0 Å². The molecule has 1 aliphatic rings. The second-order valence-electron chi connectivity index (χ2n) is 18.0. The van der Waals surface area contributed by atoms with Crippen LogP contribution in [0.5, 0.6) is 0 Å². The molecule has 0 atom stereocenters. The van der Waals surface area contributed by atoms with Gasteiger partial charge in [0, 0.05) is 39.2 Å². The zero-order chi connectivity index (χ0) is 42.0. The summed E-state index contributed by atoms with van der Waals surface area (Å²) in [5.74, 6) is -4.98. The summed E-state index contributed by atoms with van der Waals surface area (Å²) in [6, 6.07) is 14.2. The van der Waals surface area contributed by atoms with Crippen LogP contribution in [0.3, 0.4) is 0 Å². The zero-order valence-electron chi connectivity index (χ0n) is 33.7. The minimum atomic E-state index is -1.25. The maximum atomic E-state index is 13.4. The number of hydrogen-bond acceptors (Lipinski definition) is 8. The first-order valence-corrected chi connectivity index (χ1v) is 21.2. The third-order valence-electron chi connectivity index (χ3n) is 9.46. The fraction of sp³-hybridized carbons (Fsp3) is 0.364. The summed E-state index contributed by atoms with van der Waals surface area (Å²) in [6.45, 7) is 23.9. The molecule has 0 aromatic heterocycles. The summed E-state index contributed by atoms with van der Waals surface area (Å²) in [7, 11) is 0. The molecule has 0 spiro atoms. The lowest BCUT2D eigenvalue weighted by Gasteiger charge is -2.27. The van der Waals surface area contributed by atoms with Crippen LogP contribution in [0.15, 0.2) is 87.7 Å². The molecule has 5 rings (SSSR count). The van der Waals surface area contributed by atoms with Gasteiger partial charge in [0.05, 0.1) is 22.3 Å². The van der Waals surface area contributed by atoms with Crippen molar-refractivity contribution in [1.29, 1.82) is 0 Å². The zero-order valence-corrected chi connectivity index (χ0v) is 36.9. The Morgan fingerprint density at radius 3 is 0.536 bits per heavy atom. The van der Waals surface area contributed by atoms with Crippen LogP contribution in [0.25, 0.3) is 0 Å². The molecule has 0 radical (unpaired) electrons. The Bertz CT molecular complexity index is 1900. The molecule has 0 saturated heterocycles. The Labute approximate surface area is 345 Å². The fourth-order valence-electron chi connectivity index (χ4n) is 6.05. The lowest BCUT2D eigenvalue weighted by molar-refractivity contribution is 0.0678. The van der Waals surface area contributed by atoms with Crippen LogP contribution in [-0.2, 0) is 21.7 Å². The highest BCUT2D eigenvalue weighted by molar-refractivity contribution is 8.01. The minimum absolute atomic E-state index is 0.0771. The summed E-state index contributed by atoms with van der Waals surface area (Å²) in [6.07, 6.45) is 0. The van der Waals surface area contributed by atoms with E-state index >= 15 is 0 Å². The van der Waals surface area contributed by atoms with Gasteiger partial charge in [-0.05, 0) is 92.4 Å². The minimum Gasteiger partial charge on any atom is -0.478 e. The van der Waals surface area contributed by atoms with Crippen LogP contribution in [-0.4, -0.2) is 44.3 Å². The molecule has 0 saturated carbocycles. The normalized spacial score (nSPS) is 13.6. The number of carboxylic acid groups (broad SMARTS) is 4. The van der Waals surface area contributed by atoms with Gasteiger partial charge in [0.2, 0.25) is 0 Å². The molecule has 1 heterocycles. The van der Waals surface area contributed by atoms with Gasteiger partial charge in [-0.3, -0.25) is 0 Å².